The summed E-state index contributed by atoms with van der Waals surface area (Å²) in [5, 5.41) is 11.4. The van der Waals surface area contributed by atoms with Gasteiger partial charge in [0, 0.05) is 23.8 Å². The van der Waals surface area contributed by atoms with Crippen molar-refractivity contribution in [3.63, 3.8) is 0 Å². The fourth-order valence-corrected chi connectivity index (χ4v) is 6.76. The maximum absolute atomic E-state index is 13.2. The number of carbonyl (C=O) groups excluding carboxylic acids is 4. The molecule has 0 spiro atoms. The van der Waals surface area contributed by atoms with Gasteiger partial charge in [-0.3, -0.25) is 19.3 Å². The van der Waals surface area contributed by atoms with Crippen molar-refractivity contribution >= 4 is 81.0 Å². The van der Waals surface area contributed by atoms with E-state index in [0.717, 1.165) is 15.5 Å². The molecule has 0 aliphatic carbocycles. The number of hydrogen-bond acceptors (Lipinski definition) is 16. The smallest absolute Gasteiger partial charge is 0.357 e. The van der Waals surface area contributed by atoms with Crippen molar-refractivity contribution in [2.75, 3.05) is 31.1 Å². The highest BCUT2D eigenvalue weighted by molar-refractivity contribution is 8.01. The second-order valence-electron chi connectivity index (χ2n) is 7.22. The van der Waals surface area contributed by atoms with Gasteiger partial charge in [0.2, 0.25) is 6.79 Å². The van der Waals surface area contributed by atoms with E-state index < -0.39 is 42.0 Å². The number of nitrogens with one attached hydrogen (secondary N) is 1. The van der Waals surface area contributed by atoms with E-state index in [-0.39, 0.29) is 22.2 Å². The number of β-lactam (4-membered cyclic amide) rings is 1. The van der Waals surface area contributed by atoms with Crippen LogP contribution < -0.4 is 11.1 Å². The SMILES string of the molecule is CO/N=C(\C(=O)N[C@@H]1C(=O)N2C(C(=O)OCOC(C)=O)=C(CSc3cnns3)CS[C@H]12)c1csc(N)n1. The molecule has 0 bridgehead atoms. The summed E-state index contributed by atoms with van der Waals surface area (Å²) in [4.78, 5) is 60.2. The summed E-state index contributed by atoms with van der Waals surface area (Å²) in [6.45, 7) is 0.587. The van der Waals surface area contributed by atoms with Gasteiger partial charge in [-0.1, -0.05) is 9.64 Å². The first-order valence-electron chi connectivity index (χ1n) is 10.3. The van der Waals surface area contributed by atoms with Crippen molar-refractivity contribution in [2.24, 2.45) is 5.16 Å². The molecule has 1 saturated heterocycles. The quantitative estimate of drug-likeness (QED) is 0.0977. The van der Waals surface area contributed by atoms with Crippen molar-refractivity contribution in [1.82, 2.24) is 24.8 Å². The van der Waals surface area contributed by atoms with Crippen LogP contribution in [0, 0.1) is 0 Å². The molecule has 2 atom stereocenters. The number of thiazole rings is 1. The number of fused-ring (bicyclic) bond motifs is 1. The zero-order valence-corrected chi connectivity index (χ0v) is 22.5. The summed E-state index contributed by atoms with van der Waals surface area (Å²) >= 11 is 5.12. The third-order valence-corrected chi connectivity index (χ3v) is 8.81. The van der Waals surface area contributed by atoms with E-state index >= 15 is 0 Å². The fourth-order valence-electron chi connectivity index (χ4n) is 3.30. The Morgan fingerprint density at radius 2 is 2.16 bits per heavy atom. The second kappa shape index (κ2) is 11.9. The normalized spacial score (nSPS) is 19.1. The molecule has 4 heterocycles. The topological polar surface area (TPSA) is 188 Å². The van der Waals surface area contributed by atoms with E-state index in [9.17, 15) is 19.2 Å². The zero-order valence-electron chi connectivity index (χ0n) is 19.2. The number of nitrogens with zero attached hydrogens (tertiary/aromatic N) is 5. The maximum Gasteiger partial charge on any atom is 0.357 e. The van der Waals surface area contributed by atoms with E-state index in [0.29, 0.717) is 17.1 Å². The van der Waals surface area contributed by atoms with Crippen LogP contribution in [0.15, 0.2) is 32.2 Å². The van der Waals surface area contributed by atoms with Crippen LogP contribution in [0.2, 0.25) is 0 Å². The lowest BCUT2D eigenvalue weighted by Crippen LogP contribution is -2.71. The molecule has 18 heteroatoms. The number of amides is 2. The average molecular weight is 586 g/mol. The average Bonchev–Trinajstić information content (AvgIpc) is 3.55. The Morgan fingerprint density at radius 3 is 2.81 bits per heavy atom. The molecule has 0 saturated carbocycles. The highest BCUT2D eigenvalue weighted by Gasteiger charge is 2.54. The first-order valence-corrected chi connectivity index (χ1v) is 14.0. The van der Waals surface area contributed by atoms with Gasteiger partial charge < -0.3 is 25.4 Å². The van der Waals surface area contributed by atoms with E-state index in [4.69, 9.17) is 20.0 Å². The molecule has 2 aliphatic heterocycles. The van der Waals surface area contributed by atoms with Crippen LogP contribution in [-0.2, 0) is 33.5 Å². The summed E-state index contributed by atoms with van der Waals surface area (Å²) in [6, 6.07) is -0.938. The molecule has 2 amide bonds. The van der Waals surface area contributed by atoms with Crippen LogP contribution in [0.3, 0.4) is 0 Å². The minimum absolute atomic E-state index is 0.0504. The monoisotopic (exact) mass is 585 g/mol. The number of hydrogen-bond donors (Lipinski definition) is 2. The minimum atomic E-state index is -0.938. The Bertz CT molecular complexity index is 1260. The van der Waals surface area contributed by atoms with Gasteiger partial charge in [0.1, 0.15) is 34.1 Å². The second-order valence-corrected chi connectivity index (χ2v) is 11.3. The first kappa shape index (κ1) is 26.8. The lowest BCUT2D eigenvalue weighted by Gasteiger charge is -2.49. The number of aromatic nitrogens is 3. The standard InChI is InChI=1S/C19H19N7O7S4/c1-8(27)32-7-33-18(30)14-9(4-34-11-3-21-25-37-11)5-35-17-13(16(29)26(14)17)23-15(28)12(24-31-2)10-6-36-19(20)22-10/h3,6,13,17H,4-5,7H2,1-2H3,(H2,20,22)(H,23,28)/b24-12-/t13-,17-/m1/s1. The Kier molecular flexibility index (Phi) is 8.62. The fraction of sp³-hybridized carbons (Fsp3) is 0.368. The number of rotatable bonds is 10. The molecule has 2 aromatic heterocycles. The molecule has 4 rings (SSSR count). The predicted octanol–water partition coefficient (Wildman–Crippen LogP) is 0.437. The Morgan fingerprint density at radius 1 is 1.35 bits per heavy atom. The number of nitrogens with two attached hydrogens (primary N) is 1. The zero-order chi connectivity index (χ0) is 26.5. The third kappa shape index (κ3) is 6.03. The van der Waals surface area contributed by atoms with Crippen LogP contribution in [0.4, 0.5) is 5.13 Å². The van der Waals surface area contributed by atoms with Gasteiger partial charge in [-0.25, -0.2) is 9.78 Å². The maximum atomic E-state index is 13.2. The number of esters is 2. The minimum Gasteiger partial charge on any atom is -0.428 e. The molecule has 2 aromatic rings. The predicted molar refractivity (Wildman–Crippen MR) is 135 cm³/mol. The van der Waals surface area contributed by atoms with E-state index in [2.05, 4.69) is 25.0 Å². The van der Waals surface area contributed by atoms with Crippen LogP contribution in [0.1, 0.15) is 12.6 Å². The number of ether oxygens (including phenoxy) is 2. The van der Waals surface area contributed by atoms with Crippen LogP contribution in [0.5, 0.6) is 0 Å². The van der Waals surface area contributed by atoms with Crippen molar-refractivity contribution in [3.05, 3.63) is 28.5 Å². The van der Waals surface area contributed by atoms with Crippen LogP contribution in [0.25, 0.3) is 0 Å². The van der Waals surface area contributed by atoms with Gasteiger partial charge in [0.25, 0.3) is 11.8 Å². The molecule has 14 nitrogen and oxygen atoms in total. The van der Waals surface area contributed by atoms with E-state index in [1.807, 2.05) is 0 Å². The van der Waals surface area contributed by atoms with E-state index in [1.54, 1.807) is 11.6 Å². The summed E-state index contributed by atoms with van der Waals surface area (Å²) in [6.07, 6.45) is 1.60. The van der Waals surface area contributed by atoms with Crippen molar-refractivity contribution in [1.29, 1.82) is 0 Å². The summed E-state index contributed by atoms with van der Waals surface area (Å²) < 4.78 is 14.4. The highest BCUT2D eigenvalue weighted by atomic mass is 32.2. The van der Waals surface area contributed by atoms with E-state index in [1.165, 1.54) is 54.0 Å². The van der Waals surface area contributed by atoms with Gasteiger partial charge in [-0.05, 0) is 17.1 Å². The number of nitrogen functional groups attached to an aromatic ring is 1. The number of oxime groups is 1. The van der Waals surface area contributed by atoms with Crippen LogP contribution >= 0.6 is 46.4 Å². The van der Waals surface area contributed by atoms with Crippen molar-refractivity contribution in [3.8, 4) is 0 Å². The number of carbonyl (C=O) groups is 4. The summed E-state index contributed by atoms with van der Waals surface area (Å²) in [5.41, 5.74) is 6.41. The first-order chi connectivity index (χ1) is 17.8. The lowest BCUT2D eigenvalue weighted by molar-refractivity contribution is -0.166. The molecule has 0 unspecified atom stereocenters. The molecule has 37 heavy (non-hydrogen) atoms. The van der Waals surface area contributed by atoms with Crippen molar-refractivity contribution in [2.45, 2.75) is 22.5 Å². The number of anilines is 1. The Hall–Kier alpha value is -3.22. The summed E-state index contributed by atoms with van der Waals surface area (Å²) in [5.74, 6) is -1.88. The Balaban J connectivity index is 1.52. The van der Waals surface area contributed by atoms with Crippen molar-refractivity contribution < 1.29 is 33.5 Å². The largest absolute Gasteiger partial charge is 0.428 e. The third-order valence-electron chi connectivity index (χ3n) is 4.87. The molecular formula is C19H19N7O7S4. The number of thioether (sulfide) groups is 2. The van der Waals surface area contributed by atoms with Gasteiger partial charge in [0.05, 0.1) is 6.20 Å². The van der Waals surface area contributed by atoms with Gasteiger partial charge in [-0.2, -0.15) is 0 Å². The molecule has 3 N–H and O–H groups in total. The molecule has 1 fully saturated rings. The molecular weight excluding hydrogens is 567 g/mol. The molecule has 0 aromatic carbocycles. The Labute approximate surface area is 226 Å². The van der Waals surface area contributed by atoms with Crippen LogP contribution in [-0.4, -0.2) is 85.8 Å². The van der Waals surface area contributed by atoms with Gasteiger partial charge in [-0.15, -0.1) is 40.0 Å². The summed E-state index contributed by atoms with van der Waals surface area (Å²) in [7, 11) is 1.27. The van der Waals surface area contributed by atoms with Gasteiger partial charge in [0.15, 0.2) is 10.8 Å². The van der Waals surface area contributed by atoms with Gasteiger partial charge >= 0.3 is 11.9 Å². The highest BCUT2D eigenvalue weighted by Crippen LogP contribution is 2.42. The molecule has 0 radical (unpaired) electrons. The molecule has 2 aliphatic rings. The molecule has 196 valence electrons. The lowest BCUT2D eigenvalue weighted by atomic mass is 10.0.